The molecule has 0 bridgehead atoms. The minimum atomic E-state index is -1.65. The maximum atomic E-state index is 13.0. The summed E-state index contributed by atoms with van der Waals surface area (Å²) in [4.78, 5) is 72.4. The zero-order chi connectivity index (χ0) is 28.2. The van der Waals surface area contributed by atoms with Crippen LogP contribution in [0, 0.1) is 11.8 Å². The van der Waals surface area contributed by atoms with Crippen LogP contribution in [0.1, 0.15) is 40.5 Å². The normalized spacial score (nSPS) is 15.2. The third-order valence-corrected chi connectivity index (χ3v) is 4.96. The molecule has 0 saturated carbocycles. The fourth-order valence-corrected chi connectivity index (χ4v) is 2.99. The van der Waals surface area contributed by atoms with Crippen molar-refractivity contribution < 1.29 is 44.1 Å². The number of carboxylic acids is 1. The van der Waals surface area contributed by atoms with Crippen molar-refractivity contribution in [3.63, 3.8) is 0 Å². The van der Waals surface area contributed by atoms with E-state index >= 15 is 0 Å². The number of amides is 5. The fraction of sp³-hybridized carbons (Fsp3) is 0.714. The second-order valence-electron chi connectivity index (χ2n) is 9.02. The molecule has 0 aliphatic rings. The maximum absolute atomic E-state index is 13.0. The van der Waals surface area contributed by atoms with Crippen LogP contribution in [0.25, 0.3) is 0 Å². The van der Waals surface area contributed by atoms with Crippen molar-refractivity contribution in [3.05, 3.63) is 0 Å². The molecule has 5 amide bonds. The molecule has 11 N–H and O–H groups in total. The predicted octanol–water partition coefficient (Wildman–Crippen LogP) is -4.10. The van der Waals surface area contributed by atoms with E-state index in [1.807, 2.05) is 5.32 Å². The van der Waals surface area contributed by atoms with Crippen LogP contribution in [-0.2, 0) is 28.8 Å². The van der Waals surface area contributed by atoms with E-state index in [0.717, 1.165) is 0 Å². The Kier molecular flexibility index (Phi) is 14.2. The largest absolute Gasteiger partial charge is 0.480 e. The fourth-order valence-electron chi connectivity index (χ4n) is 2.99. The van der Waals surface area contributed by atoms with Crippen LogP contribution in [0.5, 0.6) is 0 Å². The van der Waals surface area contributed by atoms with E-state index in [9.17, 15) is 33.9 Å². The Morgan fingerprint density at radius 3 is 1.61 bits per heavy atom. The second kappa shape index (κ2) is 15.6. The Morgan fingerprint density at radius 1 is 0.722 bits per heavy atom. The molecule has 0 radical (unpaired) electrons. The summed E-state index contributed by atoms with van der Waals surface area (Å²) in [6, 6.07) is -6.81. The monoisotopic (exact) mass is 518 g/mol. The summed E-state index contributed by atoms with van der Waals surface area (Å²) < 4.78 is 0. The van der Waals surface area contributed by atoms with Gasteiger partial charge in [-0.2, -0.15) is 0 Å². The molecule has 0 fully saturated rings. The number of hydrogen-bond donors (Lipinski definition) is 9. The third-order valence-electron chi connectivity index (χ3n) is 4.96. The van der Waals surface area contributed by atoms with E-state index in [0.29, 0.717) is 0 Å². The first-order valence-electron chi connectivity index (χ1n) is 11.3. The van der Waals surface area contributed by atoms with Crippen LogP contribution < -0.4 is 32.7 Å². The van der Waals surface area contributed by atoms with Gasteiger partial charge in [0.15, 0.2) is 0 Å². The van der Waals surface area contributed by atoms with Gasteiger partial charge in [0, 0.05) is 0 Å². The van der Waals surface area contributed by atoms with Gasteiger partial charge in [-0.3, -0.25) is 24.0 Å². The molecule has 0 unspecified atom stereocenters. The van der Waals surface area contributed by atoms with Crippen molar-refractivity contribution in [2.45, 2.75) is 70.7 Å². The summed E-state index contributed by atoms with van der Waals surface area (Å²) in [5.74, 6) is -6.31. The first-order chi connectivity index (χ1) is 16.6. The van der Waals surface area contributed by atoms with Crippen molar-refractivity contribution in [2.75, 3.05) is 13.2 Å². The highest BCUT2D eigenvalue weighted by atomic mass is 16.4. The van der Waals surface area contributed by atoms with Crippen molar-refractivity contribution in [1.82, 2.24) is 21.3 Å². The Morgan fingerprint density at radius 2 is 1.19 bits per heavy atom. The number of nitrogens with one attached hydrogen (secondary N) is 4. The van der Waals surface area contributed by atoms with Crippen LogP contribution >= 0.6 is 0 Å². The number of aliphatic carboxylic acids is 1. The second-order valence-corrected chi connectivity index (χ2v) is 9.02. The third kappa shape index (κ3) is 11.4. The van der Waals surface area contributed by atoms with Gasteiger partial charge in [-0.1, -0.05) is 27.7 Å². The number of carbonyl (C=O) groups is 6. The van der Waals surface area contributed by atoms with Gasteiger partial charge in [-0.05, 0) is 18.3 Å². The summed E-state index contributed by atoms with van der Waals surface area (Å²) in [7, 11) is 0. The van der Waals surface area contributed by atoms with E-state index in [-0.39, 0.29) is 12.3 Å². The molecule has 15 nitrogen and oxygen atoms in total. The molecule has 0 aromatic heterocycles. The quantitative estimate of drug-likeness (QED) is 0.0953. The lowest BCUT2D eigenvalue weighted by Crippen LogP contribution is -2.60. The Balaban J connectivity index is 5.51. The average molecular weight is 519 g/mol. The summed E-state index contributed by atoms with van der Waals surface area (Å²) in [6.07, 6.45) is -0.255. The number of aliphatic hydroxyl groups excluding tert-OH is 2. The molecule has 0 spiro atoms. The van der Waals surface area contributed by atoms with E-state index in [2.05, 4.69) is 16.0 Å². The molecule has 0 heterocycles. The average Bonchev–Trinajstić information content (AvgIpc) is 2.76. The lowest BCUT2D eigenvalue weighted by Gasteiger charge is -2.28. The van der Waals surface area contributed by atoms with E-state index in [1.54, 1.807) is 27.7 Å². The first kappa shape index (κ1) is 32.7. The van der Waals surface area contributed by atoms with Gasteiger partial charge in [0.05, 0.1) is 25.7 Å². The molecule has 0 saturated heterocycles. The number of carboxylic acid groups (broad SMARTS) is 1. The molecule has 206 valence electrons. The minimum absolute atomic E-state index is 0.0593. The van der Waals surface area contributed by atoms with Gasteiger partial charge < -0.3 is 48.1 Å². The molecule has 15 heteroatoms. The summed E-state index contributed by atoms with van der Waals surface area (Å²) in [5, 5.41) is 36.6. The number of hydrogen-bond acceptors (Lipinski definition) is 9. The van der Waals surface area contributed by atoms with Crippen molar-refractivity contribution in [3.8, 4) is 0 Å². The molecule has 0 rings (SSSR count). The van der Waals surface area contributed by atoms with Crippen LogP contribution in [-0.4, -0.2) is 94.2 Å². The highest BCUT2D eigenvalue weighted by Gasteiger charge is 2.33. The van der Waals surface area contributed by atoms with Crippen LogP contribution in [0.2, 0.25) is 0 Å². The minimum Gasteiger partial charge on any atom is -0.480 e. The smallest absolute Gasteiger partial charge is 0.328 e. The standard InChI is InChI=1S/C21H38N6O9/c1-9(2)5-12(24-17(31)11(22)6-15(23)30)18(32)27-16(10(3)4)20(34)25-13(7-28)19(33)26-14(8-29)21(35)36/h9-14,16,28-29H,5-8,22H2,1-4H3,(H2,23,30)(H,24,31)(H,25,34)(H,26,33)(H,27,32)(H,35,36)/t11-,12-,13-,14-,16-/m0/s1. The SMILES string of the molecule is CC(C)C[C@H](NC(=O)[C@@H](N)CC(N)=O)C(=O)N[C@H](C(=O)N[C@@H](CO)C(=O)N[C@@H](CO)C(=O)O)C(C)C. The lowest BCUT2D eigenvalue weighted by molar-refractivity contribution is -0.143. The number of carbonyl (C=O) groups excluding carboxylic acids is 5. The van der Waals surface area contributed by atoms with E-state index in [1.165, 1.54) is 0 Å². The Labute approximate surface area is 208 Å². The van der Waals surface area contributed by atoms with Crippen molar-refractivity contribution in [2.24, 2.45) is 23.3 Å². The molecular weight excluding hydrogens is 480 g/mol. The maximum Gasteiger partial charge on any atom is 0.328 e. The van der Waals surface area contributed by atoms with Crippen molar-refractivity contribution >= 4 is 35.5 Å². The van der Waals surface area contributed by atoms with Gasteiger partial charge in [-0.15, -0.1) is 0 Å². The van der Waals surface area contributed by atoms with Gasteiger partial charge in [0.2, 0.25) is 29.5 Å². The number of nitrogens with two attached hydrogens (primary N) is 2. The zero-order valence-electron chi connectivity index (χ0n) is 20.8. The topological polar surface area (TPSA) is 263 Å². The molecule has 5 atom stereocenters. The molecule has 36 heavy (non-hydrogen) atoms. The van der Waals surface area contributed by atoms with Crippen LogP contribution in [0.15, 0.2) is 0 Å². The molecule has 0 aromatic carbocycles. The summed E-state index contributed by atoms with van der Waals surface area (Å²) in [6.45, 7) is 4.99. The highest BCUT2D eigenvalue weighted by molar-refractivity contribution is 5.96. The zero-order valence-corrected chi connectivity index (χ0v) is 20.8. The predicted molar refractivity (Wildman–Crippen MR) is 126 cm³/mol. The van der Waals surface area contributed by atoms with Gasteiger partial charge >= 0.3 is 5.97 Å². The lowest BCUT2D eigenvalue weighted by atomic mass is 9.99. The molecule has 0 aliphatic carbocycles. The van der Waals surface area contributed by atoms with Crippen LogP contribution in [0.3, 0.4) is 0 Å². The molecule has 0 aliphatic heterocycles. The molecule has 0 aromatic rings. The van der Waals surface area contributed by atoms with Crippen molar-refractivity contribution in [1.29, 1.82) is 0 Å². The van der Waals surface area contributed by atoms with E-state index < -0.39 is 91.3 Å². The van der Waals surface area contributed by atoms with Gasteiger partial charge in [-0.25, -0.2) is 4.79 Å². The summed E-state index contributed by atoms with van der Waals surface area (Å²) in [5.41, 5.74) is 10.7. The summed E-state index contributed by atoms with van der Waals surface area (Å²) >= 11 is 0. The van der Waals surface area contributed by atoms with Gasteiger partial charge in [0.1, 0.15) is 24.2 Å². The number of aliphatic hydroxyl groups is 2. The van der Waals surface area contributed by atoms with Gasteiger partial charge in [0.25, 0.3) is 0 Å². The Bertz CT molecular complexity index is 805. The van der Waals surface area contributed by atoms with E-state index in [4.69, 9.17) is 21.7 Å². The Hall–Kier alpha value is -3.30. The first-order valence-corrected chi connectivity index (χ1v) is 11.3. The molecular formula is C21H38N6O9. The number of rotatable bonds is 16. The highest BCUT2D eigenvalue weighted by Crippen LogP contribution is 2.09. The number of primary amides is 1. The van der Waals surface area contributed by atoms with Crippen LogP contribution in [0.4, 0.5) is 0 Å².